The Hall–Kier alpha value is -2.10. The topological polar surface area (TPSA) is 84.6 Å². The highest BCUT2D eigenvalue weighted by Crippen LogP contribution is 2.33. The molecule has 2 heterocycles. The van der Waals surface area contributed by atoms with Crippen LogP contribution in [0.5, 0.6) is 0 Å². The van der Waals surface area contributed by atoms with E-state index >= 15 is 0 Å². The first kappa shape index (κ1) is 12.9. The number of aliphatic hydroxyl groups is 1. The molecule has 2 atom stereocenters. The van der Waals surface area contributed by atoms with Gasteiger partial charge in [-0.15, -0.1) is 0 Å². The van der Waals surface area contributed by atoms with Crippen LogP contribution in [0.15, 0.2) is 18.2 Å². The summed E-state index contributed by atoms with van der Waals surface area (Å²) in [5.74, 6) is -0.458. The molecule has 3 amide bonds. The first-order valence-corrected chi connectivity index (χ1v) is 6.44. The maximum Gasteiger partial charge on any atom is 0.332 e. The van der Waals surface area contributed by atoms with Crippen molar-refractivity contribution in [1.29, 1.82) is 5.26 Å². The number of carbonyl (C=O) groups excluding carboxylic acids is 2. The zero-order valence-corrected chi connectivity index (χ0v) is 11.0. The molecule has 20 heavy (non-hydrogen) atoms. The number of nitriles is 1. The number of benzene rings is 1. The number of halogens is 1. The van der Waals surface area contributed by atoms with Crippen LogP contribution in [0.4, 0.5) is 10.5 Å². The lowest BCUT2D eigenvalue weighted by Crippen LogP contribution is -2.36. The summed E-state index contributed by atoms with van der Waals surface area (Å²) >= 11 is 5.92. The van der Waals surface area contributed by atoms with E-state index in [9.17, 15) is 14.7 Å². The van der Waals surface area contributed by atoms with Gasteiger partial charge in [0.15, 0.2) is 0 Å². The number of rotatable bonds is 1. The van der Waals surface area contributed by atoms with Crippen LogP contribution in [-0.4, -0.2) is 40.6 Å². The minimum Gasteiger partial charge on any atom is -0.390 e. The Morgan fingerprint density at radius 3 is 2.75 bits per heavy atom. The van der Waals surface area contributed by atoms with Gasteiger partial charge < -0.3 is 10.0 Å². The third-order valence-corrected chi connectivity index (χ3v) is 3.92. The molecule has 7 heteroatoms. The van der Waals surface area contributed by atoms with Gasteiger partial charge in [-0.3, -0.25) is 4.79 Å². The largest absolute Gasteiger partial charge is 0.390 e. The van der Waals surface area contributed by atoms with Gasteiger partial charge in [0, 0.05) is 6.54 Å². The van der Waals surface area contributed by atoms with Crippen LogP contribution in [0.25, 0.3) is 0 Å². The second-order valence-corrected chi connectivity index (χ2v) is 5.13. The number of hydrogen-bond donors (Lipinski definition) is 1. The van der Waals surface area contributed by atoms with Crippen molar-refractivity contribution >= 4 is 29.2 Å². The number of imide groups is 1. The number of hydrogen-bond acceptors (Lipinski definition) is 4. The molecule has 1 N–H and O–H groups in total. The predicted molar refractivity (Wildman–Crippen MR) is 70.2 cm³/mol. The molecule has 2 fully saturated rings. The Balaban J connectivity index is 1.99. The van der Waals surface area contributed by atoms with Crippen LogP contribution in [-0.2, 0) is 4.79 Å². The molecule has 0 aliphatic carbocycles. The quantitative estimate of drug-likeness (QED) is 0.786. The van der Waals surface area contributed by atoms with Gasteiger partial charge in [-0.25, -0.2) is 9.69 Å². The summed E-state index contributed by atoms with van der Waals surface area (Å²) in [6, 6.07) is 5.00. The van der Waals surface area contributed by atoms with Gasteiger partial charge in [0.1, 0.15) is 12.1 Å². The SMILES string of the molecule is N#Cc1ccc(N2C(=O)[C@@H]3[C@H](O)CCN3C2=O)cc1Cl. The van der Waals surface area contributed by atoms with Gasteiger partial charge in [-0.2, -0.15) is 5.26 Å². The minimum absolute atomic E-state index is 0.179. The molecule has 2 aliphatic heterocycles. The van der Waals surface area contributed by atoms with Crippen molar-refractivity contribution in [3.63, 3.8) is 0 Å². The van der Waals surface area contributed by atoms with Gasteiger partial charge in [0.2, 0.25) is 0 Å². The molecular formula is C13H10ClN3O3. The van der Waals surface area contributed by atoms with Gasteiger partial charge >= 0.3 is 6.03 Å². The normalized spacial score (nSPS) is 25.1. The minimum atomic E-state index is -0.828. The summed E-state index contributed by atoms with van der Waals surface area (Å²) in [7, 11) is 0. The van der Waals surface area contributed by atoms with Crippen molar-refractivity contribution in [1.82, 2.24) is 4.90 Å². The van der Waals surface area contributed by atoms with E-state index in [0.717, 1.165) is 4.90 Å². The molecule has 1 aromatic carbocycles. The van der Waals surface area contributed by atoms with Gasteiger partial charge in [0.25, 0.3) is 5.91 Å². The first-order valence-electron chi connectivity index (χ1n) is 6.07. The number of urea groups is 1. The van der Waals surface area contributed by atoms with Crippen LogP contribution in [0.1, 0.15) is 12.0 Å². The summed E-state index contributed by atoms with van der Waals surface area (Å²) < 4.78 is 0. The van der Waals surface area contributed by atoms with Gasteiger partial charge in [-0.1, -0.05) is 11.6 Å². The van der Waals surface area contributed by atoms with Crippen LogP contribution in [0.2, 0.25) is 5.02 Å². The molecule has 1 aromatic rings. The molecular weight excluding hydrogens is 282 g/mol. The molecule has 0 bridgehead atoms. The van der Waals surface area contributed by atoms with E-state index in [2.05, 4.69) is 0 Å². The van der Waals surface area contributed by atoms with E-state index in [1.165, 1.54) is 23.1 Å². The standard InChI is InChI=1S/C13H10ClN3O3/c14-9-5-8(2-1-7(9)6-15)17-12(19)11-10(18)3-4-16(11)13(17)20/h1-2,5,10-11,18H,3-4H2/t10-,11+/m1/s1. The number of fused-ring (bicyclic) bond motifs is 1. The maximum absolute atomic E-state index is 12.3. The summed E-state index contributed by atoms with van der Waals surface area (Å²) in [5, 5.41) is 18.8. The molecule has 6 nitrogen and oxygen atoms in total. The van der Waals surface area contributed by atoms with Crippen molar-refractivity contribution in [2.75, 3.05) is 11.4 Å². The van der Waals surface area contributed by atoms with Crippen LogP contribution >= 0.6 is 11.6 Å². The lowest BCUT2D eigenvalue weighted by Gasteiger charge is -2.16. The molecule has 3 rings (SSSR count). The Labute approximate surface area is 119 Å². The zero-order chi connectivity index (χ0) is 14.4. The average Bonchev–Trinajstić information content (AvgIpc) is 2.91. The maximum atomic E-state index is 12.3. The molecule has 0 spiro atoms. The molecule has 2 saturated heterocycles. The van der Waals surface area contributed by atoms with E-state index in [0.29, 0.717) is 18.7 Å². The number of amides is 3. The van der Waals surface area contributed by atoms with Crippen LogP contribution < -0.4 is 4.90 Å². The van der Waals surface area contributed by atoms with E-state index in [4.69, 9.17) is 16.9 Å². The van der Waals surface area contributed by atoms with Crippen molar-refractivity contribution in [2.45, 2.75) is 18.6 Å². The molecule has 0 saturated carbocycles. The average molecular weight is 292 g/mol. The van der Waals surface area contributed by atoms with E-state index in [1.54, 1.807) is 0 Å². The molecule has 0 aromatic heterocycles. The fourth-order valence-electron chi connectivity index (χ4n) is 2.61. The Morgan fingerprint density at radius 2 is 2.15 bits per heavy atom. The monoisotopic (exact) mass is 291 g/mol. The Morgan fingerprint density at radius 1 is 1.40 bits per heavy atom. The third kappa shape index (κ3) is 1.68. The highest BCUT2D eigenvalue weighted by molar-refractivity contribution is 6.32. The van der Waals surface area contributed by atoms with Crippen molar-refractivity contribution in [2.24, 2.45) is 0 Å². The van der Waals surface area contributed by atoms with Gasteiger partial charge in [-0.05, 0) is 24.6 Å². The Bertz CT molecular complexity index is 655. The molecule has 2 aliphatic rings. The number of aliphatic hydroxyl groups excluding tert-OH is 1. The second-order valence-electron chi connectivity index (χ2n) is 4.73. The highest BCUT2D eigenvalue weighted by atomic mass is 35.5. The highest BCUT2D eigenvalue weighted by Gasteiger charge is 2.52. The lowest BCUT2D eigenvalue weighted by atomic mass is 10.1. The Kier molecular flexibility index (Phi) is 2.89. The summed E-state index contributed by atoms with van der Waals surface area (Å²) in [4.78, 5) is 26.9. The number of nitrogens with zero attached hydrogens (tertiary/aromatic N) is 3. The third-order valence-electron chi connectivity index (χ3n) is 3.61. The number of carbonyl (C=O) groups is 2. The number of anilines is 1. The lowest BCUT2D eigenvalue weighted by molar-refractivity contribution is -0.121. The van der Waals surface area contributed by atoms with E-state index in [-0.39, 0.29) is 10.6 Å². The van der Waals surface area contributed by atoms with E-state index < -0.39 is 24.1 Å². The van der Waals surface area contributed by atoms with Crippen LogP contribution in [0, 0.1) is 11.3 Å². The van der Waals surface area contributed by atoms with Gasteiger partial charge in [0.05, 0.1) is 22.4 Å². The second kappa shape index (κ2) is 4.47. The first-order chi connectivity index (χ1) is 9.54. The predicted octanol–water partition coefficient (Wildman–Crippen LogP) is 1.11. The molecule has 0 radical (unpaired) electrons. The van der Waals surface area contributed by atoms with Crippen molar-refractivity contribution in [3.8, 4) is 6.07 Å². The summed E-state index contributed by atoms with van der Waals surface area (Å²) in [5.41, 5.74) is 0.584. The smallest absolute Gasteiger partial charge is 0.332 e. The van der Waals surface area contributed by atoms with Crippen molar-refractivity contribution < 1.29 is 14.7 Å². The van der Waals surface area contributed by atoms with E-state index in [1.807, 2.05) is 6.07 Å². The fraction of sp³-hybridized carbons (Fsp3) is 0.308. The molecule has 0 unspecified atom stereocenters. The summed E-state index contributed by atoms with van der Waals surface area (Å²) in [6.07, 6.45) is -0.422. The fourth-order valence-corrected chi connectivity index (χ4v) is 2.83. The molecule has 102 valence electrons. The van der Waals surface area contributed by atoms with Crippen LogP contribution in [0.3, 0.4) is 0 Å². The summed E-state index contributed by atoms with van der Waals surface area (Å²) in [6.45, 7) is 0.358. The van der Waals surface area contributed by atoms with Crippen molar-refractivity contribution in [3.05, 3.63) is 28.8 Å². The zero-order valence-electron chi connectivity index (χ0n) is 10.3.